The predicted octanol–water partition coefficient (Wildman–Crippen LogP) is 1.14. The summed E-state index contributed by atoms with van der Waals surface area (Å²) in [5.74, 6) is -0.861. The fourth-order valence-electron chi connectivity index (χ4n) is 2.39. The Labute approximate surface area is 129 Å². The number of benzene rings is 1. The van der Waals surface area contributed by atoms with Crippen LogP contribution >= 0.6 is 0 Å². The number of carbonyl (C=O) groups excluding carboxylic acids is 1. The first-order chi connectivity index (χ1) is 10.1. The Morgan fingerprint density at radius 2 is 1.82 bits per heavy atom. The average Bonchev–Trinajstić information content (AvgIpc) is 2.40. The molecule has 22 heavy (non-hydrogen) atoms. The Balaban J connectivity index is 2.11. The number of hydrogen-bond acceptors (Lipinski definition) is 4. The number of rotatable bonds is 5. The van der Waals surface area contributed by atoms with Crippen LogP contribution in [0.4, 0.5) is 0 Å². The Hall–Kier alpha value is -2.08. The van der Waals surface area contributed by atoms with E-state index in [1.165, 1.54) is 18.7 Å². The van der Waals surface area contributed by atoms with Crippen molar-refractivity contribution in [3.63, 3.8) is 0 Å². The van der Waals surface area contributed by atoms with Gasteiger partial charge in [-0.2, -0.15) is 0 Å². The number of carbonyl (C=O) groups is 2. The highest BCUT2D eigenvalue weighted by atomic mass is 16.5. The lowest BCUT2D eigenvalue weighted by Gasteiger charge is -2.47. The summed E-state index contributed by atoms with van der Waals surface area (Å²) in [6, 6.07) is 8.76. The minimum absolute atomic E-state index is 0.117. The zero-order valence-electron chi connectivity index (χ0n) is 12.9. The van der Waals surface area contributed by atoms with Crippen LogP contribution in [0.1, 0.15) is 20.8 Å². The smallest absolute Gasteiger partial charge is 0.312 e. The summed E-state index contributed by atoms with van der Waals surface area (Å²) >= 11 is 0. The summed E-state index contributed by atoms with van der Waals surface area (Å²) in [6.45, 7) is 4.82. The number of aliphatic carboxylic acids is 1. The summed E-state index contributed by atoms with van der Waals surface area (Å²) in [5, 5.41) is 19.3. The number of hydrogen-bond donors (Lipinski definition) is 2. The van der Waals surface area contributed by atoms with Crippen molar-refractivity contribution in [1.29, 1.82) is 0 Å². The highest BCUT2D eigenvalue weighted by Gasteiger charge is 2.51. The van der Waals surface area contributed by atoms with Gasteiger partial charge >= 0.3 is 5.97 Å². The summed E-state index contributed by atoms with van der Waals surface area (Å²) in [4.78, 5) is 25.0. The van der Waals surface area contributed by atoms with Crippen LogP contribution in [-0.2, 0) is 9.59 Å². The monoisotopic (exact) mass is 307 g/mol. The van der Waals surface area contributed by atoms with Gasteiger partial charge in [0.2, 0.25) is 6.10 Å². The van der Waals surface area contributed by atoms with Gasteiger partial charge in [0, 0.05) is 13.1 Å². The van der Waals surface area contributed by atoms with Gasteiger partial charge < -0.3 is 19.8 Å². The molecule has 120 valence electrons. The van der Waals surface area contributed by atoms with Crippen LogP contribution in [-0.4, -0.2) is 51.8 Å². The lowest BCUT2D eigenvalue weighted by atomic mass is 9.81. The van der Waals surface area contributed by atoms with Gasteiger partial charge in [0.25, 0.3) is 5.91 Å². The minimum atomic E-state index is -1.39. The number of aliphatic hydroxyl groups is 1. The van der Waals surface area contributed by atoms with E-state index in [4.69, 9.17) is 9.84 Å². The van der Waals surface area contributed by atoms with Crippen LogP contribution in [0.25, 0.3) is 0 Å². The van der Waals surface area contributed by atoms with E-state index in [1.54, 1.807) is 31.2 Å². The largest absolute Gasteiger partial charge is 0.481 e. The first-order valence-electron chi connectivity index (χ1n) is 7.10. The van der Waals surface area contributed by atoms with Crippen LogP contribution in [0.2, 0.25) is 0 Å². The van der Waals surface area contributed by atoms with Gasteiger partial charge in [-0.15, -0.1) is 0 Å². The quantitative estimate of drug-likeness (QED) is 0.852. The van der Waals surface area contributed by atoms with E-state index in [9.17, 15) is 14.7 Å². The molecule has 6 heteroatoms. The molecule has 1 aliphatic rings. The molecular formula is C16H21NO5. The molecule has 1 saturated heterocycles. The van der Waals surface area contributed by atoms with Crippen molar-refractivity contribution in [2.24, 2.45) is 5.41 Å². The topological polar surface area (TPSA) is 87.1 Å². The van der Waals surface area contributed by atoms with Gasteiger partial charge in [0.15, 0.2) is 0 Å². The molecule has 1 aliphatic heterocycles. The Bertz CT molecular complexity index is 558. The van der Waals surface area contributed by atoms with E-state index in [1.807, 2.05) is 6.07 Å². The predicted molar refractivity (Wildman–Crippen MR) is 79.5 cm³/mol. The molecule has 1 aromatic carbocycles. The summed E-state index contributed by atoms with van der Waals surface area (Å²) in [5.41, 5.74) is -2.31. The van der Waals surface area contributed by atoms with E-state index in [-0.39, 0.29) is 13.1 Å². The SMILES string of the molecule is CC1(C(=O)O)CN(C(=O)C(Oc2ccccc2)C(C)(C)O)C1. The molecule has 1 aromatic rings. The number of ether oxygens (including phenoxy) is 1. The normalized spacial score (nSPS) is 18.3. The highest BCUT2D eigenvalue weighted by molar-refractivity contribution is 5.86. The number of likely N-dealkylation sites (tertiary alicyclic amines) is 1. The van der Waals surface area contributed by atoms with Gasteiger partial charge in [0.05, 0.1) is 0 Å². The van der Waals surface area contributed by atoms with Gasteiger partial charge in [-0.25, -0.2) is 0 Å². The molecule has 1 heterocycles. The van der Waals surface area contributed by atoms with Crippen molar-refractivity contribution in [2.75, 3.05) is 13.1 Å². The van der Waals surface area contributed by atoms with Crippen molar-refractivity contribution < 1.29 is 24.5 Å². The maximum absolute atomic E-state index is 12.5. The molecule has 0 saturated carbocycles. The van der Waals surface area contributed by atoms with Crippen molar-refractivity contribution in [2.45, 2.75) is 32.5 Å². The molecule has 0 radical (unpaired) electrons. The molecule has 6 nitrogen and oxygen atoms in total. The molecule has 1 fully saturated rings. The average molecular weight is 307 g/mol. The lowest BCUT2D eigenvalue weighted by molar-refractivity contribution is -0.171. The van der Waals surface area contributed by atoms with Crippen molar-refractivity contribution in [1.82, 2.24) is 4.90 Å². The van der Waals surface area contributed by atoms with Crippen LogP contribution in [0, 0.1) is 5.41 Å². The third-order valence-corrected chi connectivity index (χ3v) is 3.77. The zero-order valence-corrected chi connectivity index (χ0v) is 12.9. The summed E-state index contributed by atoms with van der Waals surface area (Å²) in [6.07, 6.45) is -1.09. The van der Waals surface area contributed by atoms with Crippen LogP contribution < -0.4 is 4.74 Å². The van der Waals surface area contributed by atoms with E-state index in [0.29, 0.717) is 5.75 Å². The molecule has 1 amide bonds. The molecule has 0 spiro atoms. The lowest BCUT2D eigenvalue weighted by Crippen LogP contribution is -2.65. The maximum atomic E-state index is 12.5. The second-order valence-electron chi connectivity index (χ2n) is 6.52. The molecule has 0 bridgehead atoms. The third-order valence-electron chi connectivity index (χ3n) is 3.77. The van der Waals surface area contributed by atoms with E-state index < -0.39 is 29.0 Å². The minimum Gasteiger partial charge on any atom is -0.481 e. The maximum Gasteiger partial charge on any atom is 0.312 e. The first kappa shape index (κ1) is 16.3. The summed E-state index contributed by atoms with van der Waals surface area (Å²) < 4.78 is 5.64. The van der Waals surface area contributed by atoms with E-state index in [0.717, 1.165) is 0 Å². The van der Waals surface area contributed by atoms with Crippen molar-refractivity contribution in [3.8, 4) is 5.75 Å². The fourth-order valence-corrected chi connectivity index (χ4v) is 2.39. The number of amides is 1. The van der Waals surface area contributed by atoms with Gasteiger partial charge in [-0.1, -0.05) is 18.2 Å². The fraction of sp³-hybridized carbons (Fsp3) is 0.500. The molecular weight excluding hydrogens is 286 g/mol. The first-order valence-corrected chi connectivity index (χ1v) is 7.10. The molecule has 2 N–H and O–H groups in total. The molecule has 1 unspecified atom stereocenters. The van der Waals surface area contributed by atoms with Crippen LogP contribution in [0.15, 0.2) is 30.3 Å². The number of carboxylic acid groups (broad SMARTS) is 1. The van der Waals surface area contributed by atoms with Crippen molar-refractivity contribution >= 4 is 11.9 Å². The second-order valence-corrected chi connectivity index (χ2v) is 6.52. The second kappa shape index (κ2) is 5.61. The van der Waals surface area contributed by atoms with E-state index >= 15 is 0 Å². The molecule has 1 atom stereocenters. The Morgan fingerprint density at radius 1 is 1.27 bits per heavy atom. The number of nitrogens with zero attached hydrogens (tertiary/aromatic N) is 1. The van der Waals surface area contributed by atoms with Gasteiger partial charge in [0.1, 0.15) is 16.8 Å². The third kappa shape index (κ3) is 3.22. The molecule has 2 rings (SSSR count). The zero-order chi connectivity index (χ0) is 16.5. The highest BCUT2D eigenvalue weighted by Crippen LogP contribution is 2.32. The number of carboxylic acids is 1. The van der Waals surface area contributed by atoms with E-state index in [2.05, 4.69) is 0 Å². The standard InChI is InChI=1S/C16H21NO5/c1-15(2,21)12(22-11-7-5-4-6-8-11)13(18)17-9-16(3,10-17)14(19)20/h4-8,12,21H,9-10H2,1-3H3,(H,19,20). The summed E-state index contributed by atoms with van der Waals surface area (Å²) in [7, 11) is 0. The Kier molecular flexibility index (Phi) is 4.15. The van der Waals surface area contributed by atoms with Crippen LogP contribution in [0.3, 0.4) is 0 Å². The van der Waals surface area contributed by atoms with Crippen molar-refractivity contribution in [3.05, 3.63) is 30.3 Å². The Morgan fingerprint density at radius 3 is 2.27 bits per heavy atom. The van der Waals surface area contributed by atoms with Crippen LogP contribution in [0.5, 0.6) is 5.75 Å². The van der Waals surface area contributed by atoms with Gasteiger partial charge in [-0.05, 0) is 32.9 Å². The number of para-hydroxylation sites is 1. The molecule has 0 aliphatic carbocycles. The van der Waals surface area contributed by atoms with Gasteiger partial charge in [-0.3, -0.25) is 9.59 Å². The molecule has 0 aromatic heterocycles.